The quantitative estimate of drug-likeness (QED) is 0.765. The van der Waals surface area contributed by atoms with Crippen molar-refractivity contribution in [2.45, 2.75) is 25.9 Å². The number of aliphatic imine (C=N–C) groups is 1. The number of ether oxygens (including phenoxy) is 2. The van der Waals surface area contributed by atoms with Gasteiger partial charge < -0.3 is 9.47 Å². The lowest BCUT2D eigenvalue weighted by Crippen LogP contribution is -2.36. The van der Waals surface area contributed by atoms with Crippen molar-refractivity contribution < 1.29 is 32.2 Å². The third-order valence-electron chi connectivity index (χ3n) is 4.29. The highest BCUT2D eigenvalue weighted by molar-refractivity contribution is 6.06. The standard InChI is InChI=1S/C18H18F3NO4/c1-9-13(16(23)25-3)15(14(10(2)22-9)17(24)26-4)11-5-7-12(8-6-11)18(19,20)21/h5-8,13,15H,1-4H3. The van der Waals surface area contributed by atoms with Crippen molar-refractivity contribution in [3.8, 4) is 0 Å². The summed E-state index contributed by atoms with van der Waals surface area (Å²) in [4.78, 5) is 28.8. The molecule has 0 aliphatic carbocycles. The van der Waals surface area contributed by atoms with Crippen LogP contribution in [0.1, 0.15) is 30.9 Å². The lowest BCUT2D eigenvalue weighted by atomic mass is 9.75. The van der Waals surface area contributed by atoms with Crippen molar-refractivity contribution >= 4 is 17.7 Å². The number of hydrogen-bond acceptors (Lipinski definition) is 5. The van der Waals surface area contributed by atoms with Crippen LogP contribution in [0.25, 0.3) is 0 Å². The van der Waals surface area contributed by atoms with E-state index in [1.54, 1.807) is 13.8 Å². The van der Waals surface area contributed by atoms with E-state index < -0.39 is 35.5 Å². The molecule has 8 heteroatoms. The Balaban J connectivity index is 2.62. The second-order valence-corrected chi connectivity index (χ2v) is 5.84. The molecule has 0 fully saturated rings. The van der Waals surface area contributed by atoms with Gasteiger partial charge in [-0.15, -0.1) is 0 Å². The highest BCUT2D eigenvalue weighted by atomic mass is 19.4. The maximum Gasteiger partial charge on any atom is 0.416 e. The van der Waals surface area contributed by atoms with E-state index in [9.17, 15) is 22.8 Å². The van der Waals surface area contributed by atoms with Gasteiger partial charge in [0.25, 0.3) is 0 Å². The van der Waals surface area contributed by atoms with Gasteiger partial charge >= 0.3 is 18.1 Å². The summed E-state index contributed by atoms with van der Waals surface area (Å²) in [6.45, 7) is 3.19. The average molecular weight is 369 g/mol. The molecule has 2 atom stereocenters. The van der Waals surface area contributed by atoms with E-state index >= 15 is 0 Å². The molecule has 0 saturated carbocycles. The molecule has 5 nitrogen and oxygen atoms in total. The van der Waals surface area contributed by atoms with Gasteiger partial charge in [0.05, 0.1) is 25.4 Å². The second-order valence-electron chi connectivity index (χ2n) is 5.84. The molecule has 2 rings (SSSR count). The van der Waals surface area contributed by atoms with Crippen LogP contribution in [0.2, 0.25) is 0 Å². The molecule has 1 aromatic carbocycles. The van der Waals surface area contributed by atoms with Gasteiger partial charge in [0.1, 0.15) is 5.92 Å². The number of nitrogens with zero attached hydrogens (tertiary/aromatic N) is 1. The number of carbonyl (C=O) groups excluding carboxylic acids is 2. The fraction of sp³-hybridized carbons (Fsp3) is 0.389. The number of benzene rings is 1. The van der Waals surface area contributed by atoms with Crippen LogP contribution in [0, 0.1) is 5.92 Å². The summed E-state index contributed by atoms with van der Waals surface area (Å²) in [5, 5.41) is 0. The molecule has 0 saturated heterocycles. The first-order valence-electron chi connectivity index (χ1n) is 7.71. The molecule has 26 heavy (non-hydrogen) atoms. The third-order valence-corrected chi connectivity index (χ3v) is 4.29. The van der Waals surface area contributed by atoms with Gasteiger partial charge in [0.15, 0.2) is 0 Å². The summed E-state index contributed by atoms with van der Waals surface area (Å²) in [5.74, 6) is -3.12. The third kappa shape index (κ3) is 3.63. The van der Waals surface area contributed by atoms with Crippen molar-refractivity contribution in [3.05, 3.63) is 46.7 Å². The number of carbonyl (C=O) groups is 2. The molecular formula is C18H18F3NO4. The van der Waals surface area contributed by atoms with Crippen LogP contribution in [0.3, 0.4) is 0 Å². The fourth-order valence-corrected chi connectivity index (χ4v) is 3.08. The van der Waals surface area contributed by atoms with E-state index in [1.807, 2.05) is 0 Å². The molecule has 0 aromatic heterocycles. The molecule has 0 spiro atoms. The van der Waals surface area contributed by atoms with Crippen molar-refractivity contribution in [1.29, 1.82) is 0 Å². The summed E-state index contributed by atoms with van der Waals surface area (Å²) in [6, 6.07) is 4.32. The van der Waals surface area contributed by atoms with Crippen LogP contribution in [-0.4, -0.2) is 31.9 Å². The Morgan fingerprint density at radius 2 is 1.62 bits per heavy atom. The SMILES string of the molecule is COC(=O)C1=C(C)N=C(C)C(C(=O)OC)C1c1ccc(C(F)(F)F)cc1. The first kappa shape index (κ1) is 19.7. The predicted octanol–water partition coefficient (Wildman–Crippen LogP) is 3.50. The molecule has 2 unspecified atom stereocenters. The summed E-state index contributed by atoms with van der Waals surface area (Å²) in [6.07, 6.45) is -4.48. The van der Waals surface area contributed by atoms with Crippen LogP contribution < -0.4 is 0 Å². The molecule has 1 heterocycles. The molecule has 140 valence electrons. The maximum atomic E-state index is 12.8. The van der Waals surface area contributed by atoms with E-state index in [0.717, 1.165) is 12.1 Å². The Morgan fingerprint density at radius 1 is 1.04 bits per heavy atom. The number of allylic oxidation sites excluding steroid dienone is 1. The Labute approximate surface area is 148 Å². The lowest BCUT2D eigenvalue weighted by Gasteiger charge is -2.31. The minimum absolute atomic E-state index is 0.119. The molecule has 1 aliphatic heterocycles. The summed E-state index contributed by atoms with van der Waals surface area (Å²) in [5.41, 5.74) is 0.416. The van der Waals surface area contributed by atoms with Gasteiger partial charge in [0, 0.05) is 17.3 Å². The number of alkyl halides is 3. The van der Waals surface area contributed by atoms with Crippen molar-refractivity contribution in [3.63, 3.8) is 0 Å². The van der Waals surface area contributed by atoms with Gasteiger partial charge in [-0.2, -0.15) is 13.2 Å². The molecular weight excluding hydrogens is 351 g/mol. The van der Waals surface area contributed by atoms with Crippen LogP contribution in [0.5, 0.6) is 0 Å². The Bertz CT molecular complexity index is 779. The minimum atomic E-state index is -4.48. The van der Waals surface area contributed by atoms with Gasteiger partial charge in [0.2, 0.25) is 0 Å². The largest absolute Gasteiger partial charge is 0.468 e. The summed E-state index contributed by atoms with van der Waals surface area (Å²) in [7, 11) is 2.38. The van der Waals surface area contributed by atoms with Crippen LogP contribution in [0.4, 0.5) is 13.2 Å². The van der Waals surface area contributed by atoms with E-state index in [-0.39, 0.29) is 5.57 Å². The van der Waals surface area contributed by atoms with E-state index in [4.69, 9.17) is 9.47 Å². The zero-order valence-corrected chi connectivity index (χ0v) is 14.7. The van der Waals surface area contributed by atoms with Gasteiger partial charge in [-0.05, 0) is 31.5 Å². The summed E-state index contributed by atoms with van der Waals surface area (Å²) < 4.78 is 48.1. The number of esters is 2. The number of methoxy groups -OCH3 is 2. The van der Waals surface area contributed by atoms with Gasteiger partial charge in [-0.1, -0.05) is 12.1 Å². The highest BCUT2D eigenvalue weighted by Crippen LogP contribution is 2.40. The molecule has 0 bridgehead atoms. The predicted molar refractivity (Wildman–Crippen MR) is 87.5 cm³/mol. The molecule has 1 aliphatic rings. The Morgan fingerprint density at radius 3 is 2.08 bits per heavy atom. The van der Waals surface area contributed by atoms with Crippen molar-refractivity contribution in [2.24, 2.45) is 10.9 Å². The smallest absolute Gasteiger partial charge is 0.416 e. The monoisotopic (exact) mass is 369 g/mol. The summed E-state index contributed by atoms with van der Waals surface area (Å²) >= 11 is 0. The van der Waals surface area contributed by atoms with E-state index in [0.29, 0.717) is 17.0 Å². The molecule has 0 N–H and O–H groups in total. The fourth-order valence-electron chi connectivity index (χ4n) is 3.08. The minimum Gasteiger partial charge on any atom is -0.468 e. The van der Waals surface area contributed by atoms with Crippen LogP contribution >= 0.6 is 0 Å². The number of rotatable bonds is 3. The first-order chi connectivity index (χ1) is 12.1. The average Bonchev–Trinajstić information content (AvgIpc) is 2.59. The Hall–Kier alpha value is -2.64. The maximum absolute atomic E-state index is 12.8. The van der Waals surface area contributed by atoms with Gasteiger partial charge in [-0.25, -0.2) is 4.79 Å². The van der Waals surface area contributed by atoms with Crippen molar-refractivity contribution in [1.82, 2.24) is 0 Å². The van der Waals surface area contributed by atoms with Crippen LogP contribution in [-0.2, 0) is 25.2 Å². The Kier molecular flexibility index (Phi) is 5.53. The second kappa shape index (κ2) is 7.31. The molecule has 0 amide bonds. The first-order valence-corrected chi connectivity index (χ1v) is 7.71. The molecule has 0 radical (unpaired) electrons. The van der Waals surface area contributed by atoms with E-state index in [1.165, 1.54) is 26.4 Å². The van der Waals surface area contributed by atoms with E-state index in [2.05, 4.69) is 4.99 Å². The lowest BCUT2D eigenvalue weighted by molar-refractivity contribution is -0.144. The zero-order chi connectivity index (χ0) is 19.6. The molecule has 1 aromatic rings. The normalized spacial score (nSPS) is 20.5. The zero-order valence-electron chi connectivity index (χ0n) is 14.7. The number of halogens is 3. The van der Waals surface area contributed by atoms with Gasteiger partial charge in [-0.3, -0.25) is 9.79 Å². The van der Waals surface area contributed by atoms with Crippen molar-refractivity contribution in [2.75, 3.05) is 14.2 Å². The number of hydrogen-bond donors (Lipinski definition) is 0. The highest BCUT2D eigenvalue weighted by Gasteiger charge is 2.42. The topological polar surface area (TPSA) is 65.0 Å². The van der Waals surface area contributed by atoms with Crippen LogP contribution in [0.15, 0.2) is 40.5 Å².